The topological polar surface area (TPSA) is 0 Å². The second-order valence-corrected chi connectivity index (χ2v) is 7.63. The Morgan fingerprint density at radius 1 is 1.44 bits per heavy atom. The molecule has 0 nitrogen and oxygen atoms in total. The molecular weight excluding hydrogens is 124 g/mol. The van der Waals surface area contributed by atoms with E-state index in [0.717, 1.165) is 0 Å². The lowest BCUT2D eigenvalue weighted by molar-refractivity contribution is 0.871. The SMILES string of the molecule is [C]#C[Si](C)(C)CCCC. The summed E-state index contributed by atoms with van der Waals surface area (Å²) in [5.74, 6) is 0. The second kappa shape index (κ2) is 3.74. The molecule has 0 amide bonds. The van der Waals surface area contributed by atoms with Crippen LogP contribution in [-0.2, 0) is 0 Å². The van der Waals surface area contributed by atoms with Crippen molar-refractivity contribution < 1.29 is 0 Å². The summed E-state index contributed by atoms with van der Waals surface area (Å²) < 4.78 is 0. The molecule has 0 rings (SSSR count). The van der Waals surface area contributed by atoms with Crippen molar-refractivity contribution >= 4 is 8.07 Å². The summed E-state index contributed by atoms with van der Waals surface area (Å²) in [6.45, 7) is 6.57. The summed E-state index contributed by atoms with van der Waals surface area (Å²) in [7, 11) is -1.28. The molecule has 0 bridgehead atoms. The van der Waals surface area contributed by atoms with Gasteiger partial charge in [0.2, 0.25) is 0 Å². The summed E-state index contributed by atoms with van der Waals surface area (Å²) in [6.07, 6.45) is 9.51. The zero-order valence-electron chi connectivity index (χ0n) is 6.62. The molecule has 0 N–H and O–H groups in total. The average Bonchev–Trinajstić information content (AvgIpc) is 1.84. The highest BCUT2D eigenvalue weighted by Crippen LogP contribution is 2.11. The molecule has 9 heavy (non-hydrogen) atoms. The van der Waals surface area contributed by atoms with Gasteiger partial charge in [0.05, 0.1) is 0 Å². The number of hydrogen-bond donors (Lipinski definition) is 0. The van der Waals surface area contributed by atoms with Crippen LogP contribution in [0.2, 0.25) is 19.1 Å². The van der Waals surface area contributed by atoms with Crippen LogP contribution in [0.25, 0.3) is 0 Å². The highest BCUT2D eigenvalue weighted by molar-refractivity contribution is 6.84. The third kappa shape index (κ3) is 4.29. The van der Waals surface area contributed by atoms with Gasteiger partial charge in [-0.2, -0.15) is 0 Å². The molecular formula is C8H15Si. The van der Waals surface area contributed by atoms with Gasteiger partial charge >= 0.3 is 0 Å². The first kappa shape index (κ1) is 8.78. The molecule has 0 spiro atoms. The molecule has 0 aromatic carbocycles. The lowest BCUT2D eigenvalue weighted by atomic mass is 10.4. The number of hydrogen-bond acceptors (Lipinski definition) is 0. The van der Waals surface area contributed by atoms with E-state index in [1.165, 1.54) is 18.9 Å². The van der Waals surface area contributed by atoms with Gasteiger partial charge in [0.1, 0.15) is 8.07 Å². The molecule has 51 valence electrons. The highest BCUT2D eigenvalue weighted by atomic mass is 28.3. The van der Waals surface area contributed by atoms with E-state index in [1.807, 2.05) is 0 Å². The minimum Gasteiger partial charge on any atom is -0.118 e. The average molecular weight is 139 g/mol. The smallest absolute Gasteiger partial charge is 0.118 e. The quantitative estimate of drug-likeness (QED) is 0.416. The van der Waals surface area contributed by atoms with Crippen molar-refractivity contribution in [3.05, 3.63) is 6.42 Å². The molecule has 0 aliphatic heterocycles. The van der Waals surface area contributed by atoms with Gasteiger partial charge in [-0.1, -0.05) is 32.9 Å². The van der Waals surface area contributed by atoms with Crippen LogP contribution < -0.4 is 0 Å². The third-order valence-corrected chi connectivity index (χ3v) is 3.77. The molecule has 0 saturated carbocycles. The van der Waals surface area contributed by atoms with Crippen molar-refractivity contribution in [2.24, 2.45) is 0 Å². The maximum absolute atomic E-state index is 7.00. The van der Waals surface area contributed by atoms with E-state index in [4.69, 9.17) is 6.42 Å². The Labute approximate surface area is 59.7 Å². The van der Waals surface area contributed by atoms with Crippen LogP contribution in [0.1, 0.15) is 19.8 Å². The van der Waals surface area contributed by atoms with Gasteiger partial charge in [0, 0.05) is 0 Å². The number of unbranched alkanes of at least 4 members (excludes halogenated alkanes) is 1. The summed E-state index contributed by atoms with van der Waals surface area (Å²) >= 11 is 0. The lowest BCUT2D eigenvalue weighted by Crippen LogP contribution is -2.21. The van der Waals surface area contributed by atoms with Gasteiger partial charge in [-0.25, -0.2) is 0 Å². The van der Waals surface area contributed by atoms with Crippen LogP contribution in [0.4, 0.5) is 0 Å². The molecule has 0 aliphatic carbocycles. The minimum atomic E-state index is -1.28. The molecule has 0 aromatic heterocycles. The minimum absolute atomic E-state index is 1.23. The molecule has 0 heterocycles. The van der Waals surface area contributed by atoms with Gasteiger partial charge in [0.15, 0.2) is 0 Å². The molecule has 0 aromatic rings. The maximum Gasteiger partial charge on any atom is 0.133 e. The molecule has 0 fully saturated rings. The largest absolute Gasteiger partial charge is 0.133 e. The fourth-order valence-corrected chi connectivity index (χ4v) is 2.04. The number of rotatable bonds is 3. The van der Waals surface area contributed by atoms with E-state index in [1.54, 1.807) is 0 Å². The zero-order chi connectivity index (χ0) is 7.33. The molecule has 0 aliphatic rings. The van der Waals surface area contributed by atoms with Gasteiger partial charge < -0.3 is 0 Å². The van der Waals surface area contributed by atoms with Gasteiger partial charge in [-0.05, 0) is 12.5 Å². The molecule has 0 atom stereocenters. The predicted octanol–water partition coefficient (Wildman–Crippen LogP) is 2.62. The van der Waals surface area contributed by atoms with E-state index < -0.39 is 8.07 Å². The van der Waals surface area contributed by atoms with Crippen molar-refractivity contribution in [2.45, 2.75) is 38.9 Å². The second-order valence-electron chi connectivity index (χ2n) is 3.11. The fraction of sp³-hybridized carbons (Fsp3) is 0.750. The van der Waals surface area contributed by atoms with E-state index in [2.05, 4.69) is 25.6 Å². The van der Waals surface area contributed by atoms with Crippen LogP contribution in [0, 0.1) is 12.0 Å². The van der Waals surface area contributed by atoms with Crippen molar-refractivity contribution in [1.82, 2.24) is 0 Å². The normalized spacial score (nSPS) is 10.9. The summed E-state index contributed by atoms with van der Waals surface area (Å²) in [6, 6.07) is 1.23. The first-order chi connectivity index (χ1) is 4.12. The summed E-state index contributed by atoms with van der Waals surface area (Å²) in [5.41, 5.74) is 2.66. The van der Waals surface area contributed by atoms with Crippen molar-refractivity contribution in [3.8, 4) is 5.54 Å². The van der Waals surface area contributed by atoms with Crippen LogP contribution >= 0.6 is 0 Å². The molecule has 0 saturated heterocycles. The Hall–Kier alpha value is -0.223. The first-order valence-electron chi connectivity index (χ1n) is 3.56. The molecule has 1 heteroatoms. The van der Waals surface area contributed by atoms with Crippen molar-refractivity contribution in [3.63, 3.8) is 0 Å². The summed E-state index contributed by atoms with van der Waals surface area (Å²) in [4.78, 5) is 0. The van der Waals surface area contributed by atoms with Gasteiger partial charge in [0.25, 0.3) is 0 Å². The van der Waals surface area contributed by atoms with Crippen LogP contribution in [0.3, 0.4) is 0 Å². The molecule has 1 radical (unpaired) electrons. The first-order valence-corrected chi connectivity index (χ1v) is 6.77. The van der Waals surface area contributed by atoms with Crippen LogP contribution in [-0.4, -0.2) is 8.07 Å². The molecule has 0 unspecified atom stereocenters. The van der Waals surface area contributed by atoms with Gasteiger partial charge in [-0.15, -0.1) is 5.54 Å². The lowest BCUT2D eigenvalue weighted by Gasteiger charge is -2.11. The Kier molecular flexibility index (Phi) is 3.64. The van der Waals surface area contributed by atoms with Crippen LogP contribution in [0.15, 0.2) is 0 Å². The van der Waals surface area contributed by atoms with E-state index in [0.29, 0.717) is 0 Å². The standard InChI is InChI=1S/C8H15Si/c1-5-7-8-9(3,4)6-2/h5,7-8H2,1,3-4H3. The summed E-state index contributed by atoms with van der Waals surface area (Å²) in [5, 5.41) is 0. The Balaban J connectivity index is 3.49. The maximum atomic E-state index is 7.00. The van der Waals surface area contributed by atoms with E-state index in [9.17, 15) is 0 Å². The highest BCUT2D eigenvalue weighted by Gasteiger charge is 2.15. The van der Waals surface area contributed by atoms with Crippen LogP contribution in [0.5, 0.6) is 0 Å². The van der Waals surface area contributed by atoms with Crippen molar-refractivity contribution in [2.75, 3.05) is 0 Å². The predicted molar refractivity (Wildman–Crippen MR) is 44.3 cm³/mol. The van der Waals surface area contributed by atoms with Gasteiger partial charge in [-0.3, -0.25) is 0 Å². The Morgan fingerprint density at radius 2 is 2.00 bits per heavy atom. The van der Waals surface area contributed by atoms with E-state index in [-0.39, 0.29) is 0 Å². The van der Waals surface area contributed by atoms with Crippen molar-refractivity contribution in [1.29, 1.82) is 0 Å². The zero-order valence-corrected chi connectivity index (χ0v) is 7.62. The Morgan fingerprint density at radius 3 is 2.33 bits per heavy atom. The monoisotopic (exact) mass is 139 g/mol. The Bertz CT molecular complexity index is 108. The third-order valence-electron chi connectivity index (χ3n) is 1.49. The van der Waals surface area contributed by atoms with E-state index >= 15 is 0 Å². The fourth-order valence-electron chi connectivity index (χ4n) is 0.681.